The molecule has 1 fully saturated rings. The van der Waals surface area contributed by atoms with E-state index in [-0.39, 0.29) is 36.0 Å². The van der Waals surface area contributed by atoms with Gasteiger partial charge >= 0.3 is 6.36 Å². The molecule has 2 amide bonds. The van der Waals surface area contributed by atoms with Crippen molar-refractivity contribution in [2.45, 2.75) is 25.2 Å². The zero-order chi connectivity index (χ0) is 26.8. The highest BCUT2D eigenvalue weighted by atomic mass is 35.5. The van der Waals surface area contributed by atoms with Gasteiger partial charge in [-0.1, -0.05) is 17.4 Å². The number of alkyl halides is 3. The van der Waals surface area contributed by atoms with Crippen LogP contribution in [0.1, 0.15) is 17.0 Å². The Kier molecular flexibility index (Phi) is 9.13. The smallest absolute Gasteiger partial charge is 0.407 e. The number of hydrogen-bond donors (Lipinski definition) is 2. The van der Waals surface area contributed by atoms with Gasteiger partial charge in [-0.2, -0.15) is 0 Å². The molecule has 0 aromatic carbocycles. The van der Waals surface area contributed by atoms with Crippen molar-refractivity contribution in [2.24, 2.45) is 5.73 Å². The van der Waals surface area contributed by atoms with Gasteiger partial charge in [0.15, 0.2) is 10.5 Å². The number of nitrogens with one attached hydrogen (secondary N) is 1. The Bertz CT molecular complexity index is 1240. The van der Waals surface area contributed by atoms with Crippen LogP contribution in [-0.2, 0) is 19.9 Å². The summed E-state index contributed by atoms with van der Waals surface area (Å²) in [4.78, 5) is 33.4. The number of aromatic nitrogens is 3. The van der Waals surface area contributed by atoms with E-state index in [9.17, 15) is 22.8 Å². The topological polar surface area (TPSA) is 127 Å². The van der Waals surface area contributed by atoms with Gasteiger partial charge in [0.05, 0.1) is 6.54 Å². The average molecular weight is 574 g/mol. The van der Waals surface area contributed by atoms with E-state index in [4.69, 9.17) is 5.73 Å². The number of primary amides is 1. The second kappa shape index (κ2) is 11.8. The van der Waals surface area contributed by atoms with Crippen molar-refractivity contribution in [3.05, 3.63) is 52.5 Å². The van der Waals surface area contributed by atoms with E-state index in [1.54, 1.807) is 18.5 Å². The number of rotatable bonds is 7. The maximum absolute atomic E-state index is 13.5. The largest absolute Gasteiger partial charge is 0.572 e. The first-order valence-corrected chi connectivity index (χ1v) is 12.2. The number of halogens is 4. The predicted octanol–water partition coefficient (Wildman–Crippen LogP) is 2.12. The molecule has 3 N–H and O–H groups in total. The van der Waals surface area contributed by atoms with Crippen LogP contribution in [0.15, 0.2) is 41.9 Å². The van der Waals surface area contributed by atoms with Crippen LogP contribution in [0.5, 0.6) is 0 Å². The van der Waals surface area contributed by atoms with Crippen LogP contribution in [0.25, 0.3) is 10.6 Å². The molecule has 0 saturated carbocycles. The first-order chi connectivity index (χ1) is 17.5. The van der Waals surface area contributed by atoms with Gasteiger partial charge in [-0.3, -0.25) is 19.5 Å². The summed E-state index contributed by atoms with van der Waals surface area (Å²) in [6.45, 7) is 4.51. The van der Waals surface area contributed by atoms with E-state index < -0.39 is 29.5 Å². The number of nitrogens with zero attached hydrogens (tertiary/aromatic N) is 5. The molecular weight excluding hydrogens is 547 g/mol. The molecule has 2 aromatic rings. The Labute approximate surface area is 227 Å². The highest BCUT2D eigenvalue weighted by Gasteiger charge is 2.49. The third kappa shape index (κ3) is 6.67. The number of aryl methyl sites for hydroxylation is 1. The van der Waals surface area contributed by atoms with Crippen molar-refractivity contribution in [3.63, 3.8) is 0 Å². The van der Waals surface area contributed by atoms with Crippen LogP contribution in [0.4, 0.5) is 13.2 Å². The van der Waals surface area contributed by atoms with E-state index in [1.165, 1.54) is 0 Å². The standard InChI is InChI=1S/C23H26F3N7O3S.ClH/c1-14-5-6-28-12-16(14)20-30-31-21(37-20)22(29-18(34)13-33-9-7-32(2)8-10-33)11-15(19(27)35)3-4-17(22)36-23(24,25)26;/h3-6,12H,7-11,13H2,1-2H3,(H2,27,35)(H,29,34);1H. The fourth-order valence-corrected chi connectivity index (χ4v) is 5.25. The minimum Gasteiger partial charge on any atom is -0.407 e. The van der Waals surface area contributed by atoms with Crippen molar-refractivity contribution in [3.8, 4) is 10.6 Å². The van der Waals surface area contributed by atoms with Crippen LogP contribution >= 0.6 is 23.7 Å². The van der Waals surface area contributed by atoms with E-state index in [0.29, 0.717) is 23.7 Å². The van der Waals surface area contributed by atoms with E-state index >= 15 is 0 Å². The molecule has 1 aliphatic carbocycles. The third-order valence-electron chi connectivity index (χ3n) is 6.23. The molecule has 1 aliphatic heterocycles. The Morgan fingerprint density at radius 1 is 1.21 bits per heavy atom. The summed E-state index contributed by atoms with van der Waals surface area (Å²) < 4.78 is 44.8. The number of piperazine rings is 1. The highest BCUT2D eigenvalue weighted by molar-refractivity contribution is 7.14. The minimum absolute atomic E-state index is 0. The minimum atomic E-state index is -5.06. The molecule has 1 atom stereocenters. The summed E-state index contributed by atoms with van der Waals surface area (Å²) in [6, 6.07) is 1.76. The van der Waals surface area contributed by atoms with E-state index in [2.05, 4.69) is 30.1 Å². The first kappa shape index (κ1) is 29.5. The predicted molar refractivity (Wildman–Crippen MR) is 136 cm³/mol. The van der Waals surface area contributed by atoms with E-state index in [0.717, 1.165) is 42.1 Å². The monoisotopic (exact) mass is 573 g/mol. The second-order valence-electron chi connectivity index (χ2n) is 8.95. The molecule has 3 heterocycles. The average Bonchev–Trinajstić information content (AvgIpc) is 3.32. The number of carbonyl (C=O) groups excluding carboxylic acids is 2. The number of likely N-dealkylation sites (N-methyl/N-ethyl adjacent to an activating group) is 1. The van der Waals surface area contributed by atoms with Gasteiger partial charge in [0, 0.05) is 56.1 Å². The summed E-state index contributed by atoms with van der Waals surface area (Å²) in [5.41, 5.74) is 4.99. The van der Waals surface area contributed by atoms with Crippen molar-refractivity contribution < 1.29 is 27.5 Å². The Balaban J connectivity index is 0.00000400. The molecule has 10 nitrogen and oxygen atoms in total. The van der Waals surface area contributed by atoms with Crippen LogP contribution < -0.4 is 11.1 Å². The maximum Gasteiger partial charge on any atom is 0.572 e. The third-order valence-corrected chi connectivity index (χ3v) is 7.35. The number of nitrogens with two attached hydrogens (primary N) is 1. The van der Waals surface area contributed by atoms with Crippen LogP contribution in [0.2, 0.25) is 0 Å². The molecule has 1 saturated heterocycles. The van der Waals surface area contributed by atoms with Crippen molar-refractivity contribution in [1.29, 1.82) is 0 Å². The van der Waals surface area contributed by atoms with Crippen molar-refractivity contribution in [2.75, 3.05) is 39.8 Å². The Morgan fingerprint density at radius 2 is 1.92 bits per heavy atom. The molecule has 4 rings (SSSR count). The molecule has 0 bridgehead atoms. The second-order valence-corrected chi connectivity index (χ2v) is 9.93. The van der Waals surface area contributed by atoms with Gasteiger partial charge < -0.3 is 20.7 Å². The molecule has 0 radical (unpaired) electrons. The number of carbonyl (C=O) groups is 2. The molecule has 0 spiro atoms. The van der Waals surface area contributed by atoms with Crippen LogP contribution in [-0.4, -0.2) is 82.9 Å². The fourth-order valence-electron chi connectivity index (χ4n) is 4.18. The zero-order valence-electron chi connectivity index (χ0n) is 20.6. The molecule has 2 aromatic heterocycles. The number of ether oxygens (including phenoxy) is 1. The van der Waals surface area contributed by atoms with Crippen LogP contribution in [0.3, 0.4) is 0 Å². The quantitative estimate of drug-likeness (QED) is 0.516. The maximum atomic E-state index is 13.5. The first-order valence-electron chi connectivity index (χ1n) is 11.4. The molecule has 15 heteroatoms. The number of hydrogen-bond acceptors (Lipinski definition) is 9. The Morgan fingerprint density at radius 3 is 2.55 bits per heavy atom. The van der Waals surface area contributed by atoms with Crippen LogP contribution in [0, 0.1) is 6.92 Å². The molecule has 2 aliphatic rings. The zero-order valence-corrected chi connectivity index (χ0v) is 22.3. The summed E-state index contributed by atoms with van der Waals surface area (Å²) >= 11 is 0.973. The number of pyridine rings is 1. The van der Waals surface area contributed by atoms with E-state index in [1.807, 2.05) is 18.9 Å². The lowest BCUT2D eigenvalue weighted by Crippen LogP contribution is -2.54. The van der Waals surface area contributed by atoms with Gasteiger partial charge in [-0.25, -0.2) is 0 Å². The normalized spacial score (nSPS) is 20.7. The molecule has 38 heavy (non-hydrogen) atoms. The van der Waals surface area contributed by atoms with Crippen molar-refractivity contribution in [1.82, 2.24) is 30.3 Å². The lowest BCUT2D eigenvalue weighted by atomic mass is 9.84. The van der Waals surface area contributed by atoms with Crippen molar-refractivity contribution >= 4 is 35.6 Å². The Hall–Kier alpha value is -3.07. The summed E-state index contributed by atoms with van der Waals surface area (Å²) in [5.74, 6) is -2.03. The SMILES string of the molecule is Cc1ccncc1-c1nnc(C2(NC(=O)CN3CCN(C)CC3)CC(C(N)=O)=CC=C2OC(F)(F)F)s1.Cl. The number of amides is 2. The molecular formula is C23H27ClF3N7O3S. The summed E-state index contributed by atoms with van der Waals surface area (Å²) in [6.07, 6.45) is -0.143. The molecule has 1 unspecified atom stereocenters. The van der Waals surface area contributed by atoms with Gasteiger partial charge in [0.2, 0.25) is 11.8 Å². The van der Waals surface area contributed by atoms with Gasteiger partial charge in [0.25, 0.3) is 0 Å². The van der Waals surface area contributed by atoms with Gasteiger partial charge in [-0.15, -0.1) is 35.8 Å². The summed E-state index contributed by atoms with van der Waals surface area (Å²) in [7, 11) is 1.97. The lowest BCUT2D eigenvalue weighted by molar-refractivity contribution is -0.310. The summed E-state index contributed by atoms with van der Waals surface area (Å²) in [5, 5.41) is 11.4. The fraction of sp³-hybridized carbons (Fsp3) is 0.435. The van der Waals surface area contributed by atoms with Gasteiger partial charge in [0.1, 0.15) is 10.8 Å². The molecule has 206 valence electrons. The number of allylic oxidation sites excluding steroid dienone is 2. The van der Waals surface area contributed by atoms with Gasteiger partial charge in [-0.05, 0) is 31.7 Å². The lowest BCUT2D eigenvalue weighted by Gasteiger charge is -2.38. The highest BCUT2D eigenvalue weighted by Crippen LogP contribution is 2.44.